The highest BCUT2D eigenvalue weighted by Crippen LogP contribution is 2.40. The number of nitrogens with zero attached hydrogens (tertiary/aromatic N) is 4. The van der Waals surface area contributed by atoms with E-state index in [1.807, 2.05) is 19.9 Å². The van der Waals surface area contributed by atoms with Crippen molar-refractivity contribution in [1.29, 1.82) is 5.26 Å². The minimum absolute atomic E-state index is 0.0284. The van der Waals surface area contributed by atoms with Crippen molar-refractivity contribution < 1.29 is 14.6 Å². The molecule has 1 aromatic heterocycles. The normalized spacial score (nSPS) is 11.8. The fraction of sp³-hybridized carbons (Fsp3) is 0.333. The second-order valence-electron chi connectivity index (χ2n) is 6.32. The van der Waals surface area contributed by atoms with E-state index in [9.17, 15) is 14.7 Å². The number of nitriles is 1. The minimum atomic E-state index is -1.32. The zero-order valence-electron chi connectivity index (χ0n) is 15.6. The van der Waals surface area contributed by atoms with Gasteiger partial charge in [-0.15, -0.1) is 5.10 Å². The fourth-order valence-corrected chi connectivity index (χ4v) is 3.07. The lowest BCUT2D eigenvalue weighted by Gasteiger charge is -2.22. The van der Waals surface area contributed by atoms with E-state index in [0.717, 1.165) is 9.58 Å². The summed E-state index contributed by atoms with van der Waals surface area (Å²) < 4.78 is 6.84. The van der Waals surface area contributed by atoms with Gasteiger partial charge in [0.2, 0.25) is 5.88 Å². The van der Waals surface area contributed by atoms with Crippen LogP contribution in [-0.4, -0.2) is 27.0 Å². The van der Waals surface area contributed by atoms with Crippen molar-refractivity contribution >= 4 is 35.0 Å². The number of carbonyl (C=O) groups is 1. The summed E-state index contributed by atoms with van der Waals surface area (Å²) in [5.74, 6) is 0.125. The molecule has 1 unspecified atom stereocenters. The summed E-state index contributed by atoms with van der Waals surface area (Å²) in [7, 11) is 1.50. The first kappa shape index (κ1) is 21.5. The highest BCUT2D eigenvalue weighted by molar-refractivity contribution is 6.37. The van der Waals surface area contributed by atoms with Crippen molar-refractivity contribution in [2.24, 2.45) is 7.05 Å². The molecule has 1 N–H and O–H groups in total. The van der Waals surface area contributed by atoms with Crippen LogP contribution in [0.25, 0.3) is 0 Å². The summed E-state index contributed by atoms with van der Waals surface area (Å²) >= 11 is 12.5. The van der Waals surface area contributed by atoms with E-state index in [2.05, 4.69) is 5.10 Å². The molecule has 148 valence electrons. The Morgan fingerprint density at radius 1 is 1.29 bits per heavy atom. The third-order valence-electron chi connectivity index (χ3n) is 3.94. The second-order valence-corrected chi connectivity index (χ2v) is 7.13. The lowest BCUT2D eigenvalue weighted by atomic mass is 10.1. The highest BCUT2D eigenvalue weighted by Gasteiger charge is 2.24. The van der Waals surface area contributed by atoms with Crippen LogP contribution < -0.4 is 15.2 Å². The quantitative estimate of drug-likeness (QED) is 0.761. The van der Waals surface area contributed by atoms with Crippen molar-refractivity contribution in [3.8, 4) is 17.7 Å². The summed E-state index contributed by atoms with van der Waals surface area (Å²) in [5, 5.41) is 22.5. The van der Waals surface area contributed by atoms with Crippen LogP contribution in [0.15, 0.2) is 23.0 Å². The van der Waals surface area contributed by atoms with Crippen LogP contribution in [0.4, 0.5) is 10.5 Å². The van der Waals surface area contributed by atoms with Gasteiger partial charge in [0.15, 0.2) is 5.75 Å². The number of hydrogen-bond donors (Lipinski definition) is 1. The van der Waals surface area contributed by atoms with Crippen molar-refractivity contribution in [3.05, 3.63) is 44.2 Å². The van der Waals surface area contributed by atoms with E-state index in [1.165, 1.54) is 32.2 Å². The van der Waals surface area contributed by atoms with Crippen molar-refractivity contribution in [2.45, 2.75) is 32.7 Å². The Bertz CT molecular complexity index is 991. The van der Waals surface area contributed by atoms with Gasteiger partial charge in [-0.3, -0.25) is 9.69 Å². The molecule has 1 aromatic carbocycles. The summed E-state index contributed by atoms with van der Waals surface area (Å²) in [5.41, 5.74) is 0.397. The zero-order chi connectivity index (χ0) is 21.2. The molecule has 0 saturated carbocycles. The van der Waals surface area contributed by atoms with E-state index in [1.54, 1.807) is 0 Å². The summed E-state index contributed by atoms with van der Waals surface area (Å²) in [6.45, 7) is 5.17. The predicted molar refractivity (Wildman–Crippen MR) is 106 cm³/mol. The molecule has 1 atom stereocenters. The molecule has 8 nitrogen and oxygen atoms in total. The standard InChI is InChI=1S/C18H18Cl2N4O4/c1-9(2)12-7-15(22-23(4)17(12)25)28-16-13(19)5-11(6-14(16)20)24(18(26)27)10(3)8-21/h5-7,9-10H,1-4H3,(H,26,27). The van der Waals surface area contributed by atoms with Gasteiger partial charge in [0, 0.05) is 18.7 Å². The molecule has 0 fully saturated rings. The highest BCUT2D eigenvalue weighted by atomic mass is 35.5. The van der Waals surface area contributed by atoms with Gasteiger partial charge in [0.1, 0.15) is 6.04 Å². The van der Waals surface area contributed by atoms with E-state index in [-0.39, 0.29) is 38.8 Å². The second kappa shape index (κ2) is 8.50. The number of halogens is 2. The number of hydrogen-bond acceptors (Lipinski definition) is 5. The Morgan fingerprint density at radius 2 is 1.86 bits per heavy atom. The van der Waals surface area contributed by atoms with Gasteiger partial charge in [0.05, 0.1) is 21.8 Å². The Labute approximate surface area is 171 Å². The molecule has 1 heterocycles. The molecular formula is C18H18Cl2N4O4. The smallest absolute Gasteiger partial charge is 0.412 e. The van der Waals surface area contributed by atoms with Gasteiger partial charge in [-0.05, 0) is 25.0 Å². The van der Waals surface area contributed by atoms with E-state index < -0.39 is 12.1 Å². The Kier molecular flexibility index (Phi) is 6.54. The van der Waals surface area contributed by atoms with Crippen LogP contribution in [-0.2, 0) is 7.05 Å². The maximum Gasteiger partial charge on any atom is 0.412 e. The van der Waals surface area contributed by atoms with Crippen LogP contribution in [0, 0.1) is 11.3 Å². The number of anilines is 1. The molecule has 28 heavy (non-hydrogen) atoms. The molecule has 0 saturated heterocycles. The maximum absolute atomic E-state index is 12.1. The number of rotatable bonds is 5. The average molecular weight is 425 g/mol. The van der Waals surface area contributed by atoms with Gasteiger partial charge in [-0.2, -0.15) is 5.26 Å². The monoisotopic (exact) mass is 424 g/mol. The van der Waals surface area contributed by atoms with Crippen LogP contribution >= 0.6 is 23.2 Å². The largest absolute Gasteiger partial charge is 0.465 e. The van der Waals surface area contributed by atoms with Crippen LogP contribution in [0.1, 0.15) is 32.3 Å². The summed E-state index contributed by atoms with van der Waals surface area (Å²) in [4.78, 5) is 24.5. The average Bonchev–Trinajstić information content (AvgIpc) is 2.60. The van der Waals surface area contributed by atoms with Crippen molar-refractivity contribution in [3.63, 3.8) is 0 Å². The number of aryl methyl sites for hydroxylation is 1. The molecule has 0 spiro atoms. The predicted octanol–water partition coefficient (Wildman–Crippen LogP) is 4.40. The Hall–Kier alpha value is -2.76. The molecule has 0 bridgehead atoms. The van der Waals surface area contributed by atoms with Crippen molar-refractivity contribution in [1.82, 2.24) is 9.78 Å². The van der Waals surface area contributed by atoms with Crippen LogP contribution in [0.2, 0.25) is 10.0 Å². The van der Waals surface area contributed by atoms with Crippen LogP contribution in [0.5, 0.6) is 11.6 Å². The minimum Gasteiger partial charge on any atom is -0.465 e. The summed E-state index contributed by atoms with van der Waals surface area (Å²) in [6.07, 6.45) is -1.32. The van der Waals surface area contributed by atoms with E-state index in [0.29, 0.717) is 5.56 Å². The fourth-order valence-electron chi connectivity index (χ4n) is 2.51. The van der Waals surface area contributed by atoms with Gasteiger partial charge in [-0.1, -0.05) is 37.0 Å². The molecular weight excluding hydrogens is 407 g/mol. The third kappa shape index (κ3) is 4.38. The van der Waals surface area contributed by atoms with Gasteiger partial charge in [0.25, 0.3) is 5.56 Å². The lowest BCUT2D eigenvalue weighted by Crippen LogP contribution is -2.36. The Morgan fingerprint density at radius 3 is 2.32 bits per heavy atom. The van der Waals surface area contributed by atoms with Crippen molar-refractivity contribution in [2.75, 3.05) is 4.90 Å². The SMILES string of the molecule is CC(C)c1cc(Oc2c(Cl)cc(N(C(=O)O)C(C)C#N)cc2Cl)nn(C)c1=O. The molecule has 2 rings (SSSR count). The number of ether oxygens (including phenoxy) is 1. The number of benzene rings is 1. The molecule has 10 heteroatoms. The molecule has 2 aromatic rings. The zero-order valence-corrected chi connectivity index (χ0v) is 17.1. The van der Waals surface area contributed by atoms with Gasteiger partial charge in [-0.25, -0.2) is 9.48 Å². The first-order valence-electron chi connectivity index (χ1n) is 8.23. The lowest BCUT2D eigenvalue weighted by molar-refractivity contribution is 0.201. The first-order chi connectivity index (χ1) is 13.1. The molecule has 1 amide bonds. The topological polar surface area (TPSA) is 108 Å². The molecule has 0 aliphatic heterocycles. The first-order valence-corrected chi connectivity index (χ1v) is 8.99. The molecule has 0 aliphatic carbocycles. The van der Waals surface area contributed by atoms with Gasteiger partial charge >= 0.3 is 6.09 Å². The Balaban J connectivity index is 2.49. The molecule has 0 radical (unpaired) electrons. The third-order valence-corrected chi connectivity index (χ3v) is 4.50. The maximum atomic E-state index is 12.1. The van der Waals surface area contributed by atoms with Crippen LogP contribution in [0.3, 0.4) is 0 Å². The van der Waals surface area contributed by atoms with E-state index >= 15 is 0 Å². The number of amides is 1. The summed E-state index contributed by atoms with van der Waals surface area (Å²) in [6, 6.07) is 5.07. The van der Waals surface area contributed by atoms with Gasteiger partial charge < -0.3 is 9.84 Å². The molecule has 0 aliphatic rings. The van der Waals surface area contributed by atoms with E-state index in [4.69, 9.17) is 33.2 Å². The number of carboxylic acid groups (broad SMARTS) is 1. The number of aromatic nitrogens is 2.